The molecule has 0 amide bonds. The summed E-state index contributed by atoms with van der Waals surface area (Å²) in [5.74, 6) is -1.52. The summed E-state index contributed by atoms with van der Waals surface area (Å²) in [4.78, 5) is 22.9. The summed E-state index contributed by atoms with van der Waals surface area (Å²) in [5, 5.41) is 0. The molecule has 0 saturated heterocycles. The van der Waals surface area contributed by atoms with Crippen molar-refractivity contribution >= 4 is 17.8 Å². The number of esters is 1. The van der Waals surface area contributed by atoms with Gasteiger partial charge in [-0.25, -0.2) is 0 Å². The number of ether oxygens (including phenoxy) is 1. The van der Waals surface area contributed by atoms with Crippen molar-refractivity contribution in [3.63, 3.8) is 0 Å². The van der Waals surface area contributed by atoms with E-state index in [1.54, 1.807) is 19.1 Å². The molecule has 0 saturated carbocycles. The lowest BCUT2D eigenvalue weighted by molar-refractivity contribution is -0.149. The standard InChI is InChI=1S/C15H18O3/c1-4-18-15(17)14(12(3)16)10-9-13-7-5-11(2)6-8-13/h5-10,14H,4H2,1-3H3/b10-9+. The Kier molecular flexibility index (Phi) is 5.31. The summed E-state index contributed by atoms with van der Waals surface area (Å²) in [7, 11) is 0. The Balaban J connectivity index is 2.80. The maximum Gasteiger partial charge on any atom is 0.320 e. The number of hydrogen-bond donors (Lipinski definition) is 0. The Hall–Kier alpha value is -1.90. The lowest BCUT2D eigenvalue weighted by atomic mass is 10.0. The van der Waals surface area contributed by atoms with Gasteiger partial charge in [0.15, 0.2) is 0 Å². The van der Waals surface area contributed by atoms with Crippen LogP contribution in [0.5, 0.6) is 0 Å². The van der Waals surface area contributed by atoms with Gasteiger partial charge in [0.25, 0.3) is 0 Å². The van der Waals surface area contributed by atoms with Crippen molar-refractivity contribution in [2.75, 3.05) is 6.61 Å². The first kappa shape index (κ1) is 14.2. The summed E-state index contributed by atoms with van der Waals surface area (Å²) >= 11 is 0. The number of ketones is 1. The molecule has 96 valence electrons. The van der Waals surface area contributed by atoms with Gasteiger partial charge in [0.05, 0.1) is 6.61 Å². The number of carbonyl (C=O) groups is 2. The minimum atomic E-state index is -0.814. The van der Waals surface area contributed by atoms with Crippen molar-refractivity contribution in [2.45, 2.75) is 20.8 Å². The highest BCUT2D eigenvalue weighted by Crippen LogP contribution is 2.10. The van der Waals surface area contributed by atoms with Gasteiger partial charge in [0.2, 0.25) is 0 Å². The summed E-state index contributed by atoms with van der Waals surface area (Å²) in [6.07, 6.45) is 3.35. The van der Waals surface area contributed by atoms with E-state index in [0.29, 0.717) is 0 Å². The fraction of sp³-hybridized carbons (Fsp3) is 0.333. The number of aryl methyl sites for hydroxylation is 1. The van der Waals surface area contributed by atoms with Crippen LogP contribution in [0.2, 0.25) is 0 Å². The van der Waals surface area contributed by atoms with Crippen LogP contribution < -0.4 is 0 Å². The van der Waals surface area contributed by atoms with E-state index in [9.17, 15) is 9.59 Å². The van der Waals surface area contributed by atoms with Gasteiger partial charge in [-0.3, -0.25) is 9.59 Å². The maximum absolute atomic E-state index is 11.6. The minimum Gasteiger partial charge on any atom is -0.465 e. The zero-order chi connectivity index (χ0) is 13.5. The molecule has 0 N–H and O–H groups in total. The number of Topliss-reactive ketones (excluding diaryl/α,β-unsaturated/α-hetero) is 1. The minimum absolute atomic E-state index is 0.211. The van der Waals surface area contributed by atoms with Crippen LogP contribution in [0.25, 0.3) is 6.08 Å². The van der Waals surface area contributed by atoms with Crippen LogP contribution >= 0.6 is 0 Å². The van der Waals surface area contributed by atoms with Gasteiger partial charge in [-0.15, -0.1) is 0 Å². The van der Waals surface area contributed by atoms with Crippen LogP contribution in [0.1, 0.15) is 25.0 Å². The highest BCUT2D eigenvalue weighted by molar-refractivity contribution is 6.00. The largest absolute Gasteiger partial charge is 0.465 e. The van der Waals surface area contributed by atoms with E-state index < -0.39 is 11.9 Å². The molecule has 0 spiro atoms. The van der Waals surface area contributed by atoms with Crippen LogP contribution in [0, 0.1) is 12.8 Å². The first-order valence-electron chi connectivity index (χ1n) is 5.96. The molecule has 1 rings (SSSR count). The third-order valence-electron chi connectivity index (χ3n) is 2.54. The molecule has 0 heterocycles. The van der Waals surface area contributed by atoms with Crippen molar-refractivity contribution in [1.82, 2.24) is 0 Å². The van der Waals surface area contributed by atoms with Gasteiger partial charge in [0, 0.05) is 0 Å². The number of benzene rings is 1. The van der Waals surface area contributed by atoms with Gasteiger partial charge in [-0.2, -0.15) is 0 Å². The Labute approximate surface area is 107 Å². The molecule has 0 radical (unpaired) electrons. The van der Waals surface area contributed by atoms with Gasteiger partial charge < -0.3 is 4.74 Å². The molecule has 1 aromatic rings. The first-order chi connectivity index (χ1) is 8.54. The lowest BCUT2D eigenvalue weighted by Gasteiger charge is -2.07. The smallest absolute Gasteiger partial charge is 0.320 e. The van der Waals surface area contributed by atoms with E-state index in [0.717, 1.165) is 5.56 Å². The SMILES string of the molecule is CCOC(=O)C(/C=C/c1ccc(C)cc1)C(C)=O. The molecule has 1 atom stereocenters. The fourth-order valence-corrected chi connectivity index (χ4v) is 1.50. The van der Waals surface area contributed by atoms with E-state index in [4.69, 9.17) is 4.74 Å². The second kappa shape index (κ2) is 6.74. The highest BCUT2D eigenvalue weighted by Gasteiger charge is 2.21. The summed E-state index contributed by atoms with van der Waals surface area (Å²) in [6, 6.07) is 7.84. The monoisotopic (exact) mass is 246 g/mol. The predicted molar refractivity (Wildman–Crippen MR) is 71.0 cm³/mol. The molecule has 3 nitrogen and oxygen atoms in total. The zero-order valence-electron chi connectivity index (χ0n) is 11.0. The molecule has 0 aliphatic rings. The van der Waals surface area contributed by atoms with Crippen molar-refractivity contribution in [3.05, 3.63) is 41.5 Å². The normalized spacial score (nSPS) is 12.4. The molecule has 0 bridgehead atoms. The second-order valence-corrected chi connectivity index (χ2v) is 4.11. The molecular weight excluding hydrogens is 228 g/mol. The molecule has 18 heavy (non-hydrogen) atoms. The molecule has 0 aliphatic carbocycles. The molecule has 0 aromatic heterocycles. The highest BCUT2D eigenvalue weighted by atomic mass is 16.5. The van der Waals surface area contributed by atoms with Crippen molar-refractivity contribution < 1.29 is 14.3 Å². The van der Waals surface area contributed by atoms with Crippen LogP contribution in [0.4, 0.5) is 0 Å². The van der Waals surface area contributed by atoms with E-state index in [-0.39, 0.29) is 12.4 Å². The molecule has 0 fully saturated rings. The van der Waals surface area contributed by atoms with E-state index >= 15 is 0 Å². The molecular formula is C15H18O3. The van der Waals surface area contributed by atoms with E-state index in [1.807, 2.05) is 31.2 Å². The third-order valence-corrected chi connectivity index (χ3v) is 2.54. The first-order valence-corrected chi connectivity index (χ1v) is 5.96. The Morgan fingerprint density at radius 2 is 1.89 bits per heavy atom. The van der Waals surface area contributed by atoms with Crippen molar-refractivity contribution in [3.8, 4) is 0 Å². The predicted octanol–water partition coefficient (Wildman–Crippen LogP) is 2.78. The number of hydrogen-bond acceptors (Lipinski definition) is 3. The average molecular weight is 246 g/mol. The third kappa shape index (κ3) is 4.17. The van der Waals surface area contributed by atoms with Gasteiger partial charge in [0.1, 0.15) is 11.7 Å². The Bertz CT molecular complexity index is 443. The van der Waals surface area contributed by atoms with Gasteiger partial charge in [-0.1, -0.05) is 42.0 Å². The second-order valence-electron chi connectivity index (χ2n) is 4.11. The van der Waals surface area contributed by atoms with Crippen LogP contribution in [-0.2, 0) is 14.3 Å². The Morgan fingerprint density at radius 3 is 2.39 bits per heavy atom. The van der Waals surface area contributed by atoms with Crippen molar-refractivity contribution in [2.24, 2.45) is 5.92 Å². The number of carbonyl (C=O) groups excluding carboxylic acids is 2. The van der Waals surface area contributed by atoms with E-state index in [2.05, 4.69) is 0 Å². The maximum atomic E-state index is 11.6. The quantitative estimate of drug-likeness (QED) is 0.592. The van der Waals surface area contributed by atoms with Crippen LogP contribution in [0.3, 0.4) is 0 Å². The van der Waals surface area contributed by atoms with Gasteiger partial charge >= 0.3 is 5.97 Å². The zero-order valence-corrected chi connectivity index (χ0v) is 11.0. The van der Waals surface area contributed by atoms with Crippen molar-refractivity contribution in [1.29, 1.82) is 0 Å². The van der Waals surface area contributed by atoms with Crippen LogP contribution in [0.15, 0.2) is 30.3 Å². The summed E-state index contributed by atoms with van der Waals surface area (Å²) in [5.41, 5.74) is 2.12. The Morgan fingerprint density at radius 1 is 1.28 bits per heavy atom. The molecule has 0 aliphatic heterocycles. The summed E-state index contributed by atoms with van der Waals surface area (Å²) in [6.45, 7) is 5.39. The van der Waals surface area contributed by atoms with E-state index in [1.165, 1.54) is 12.5 Å². The molecule has 1 unspecified atom stereocenters. The lowest BCUT2D eigenvalue weighted by Crippen LogP contribution is -2.22. The molecule has 3 heteroatoms. The fourth-order valence-electron chi connectivity index (χ4n) is 1.50. The number of rotatable bonds is 5. The molecule has 1 aromatic carbocycles. The topological polar surface area (TPSA) is 43.4 Å². The summed E-state index contributed by atoms with van der Waals surface area (Å²) < 4.78 is 4.86. The average Bonchev–Trinajstić information content (AvgIpc) is 2.31. The van der Waals surface area contributed by atoms with Gasteiger partial charge in [-0.05, 0) is 26.3 Å². The van der Waals surface area contributed by atoms with Crippen LogP contribution in [-0.4, -0.2) is 18.4 Å².